The molecule has 2 aliphatic carbocycles. The van der Waals surface area contributed by atoms with Gasteiger partial charge in [-0.2, -0.15) is 11.8 Å². The topological polar surface area (TPSA) is 57.8 Å². The quantitative estimate of drug-likeness (QED) is 0.870. The number of H-pyrrole nitrogens is 1. The number of nitrogens with one attached hydrogen (secondary N) is 2. The van der Waals surface area contributed by atoms with Gasteiger partial charge in [0.2, 0.25) is 0 Å². The Labute approximate surface area is 117 Å². The number of thioether (sulfide) groups is 1. The van der Waals surface area contributed by atoms with Crippen molar-refractivity contribution >= 4 is 17.6 Å². The molecule has 2 saturated carbocycles. The van der Waals surface area contributed by atoms with Crippen molar-refractivity contribution in [2.75, 3.05) is 11.1 Å². The molecule has 0 radical (unpaired) electrons. The van der Waals surface area contributed by atoms with Gasteiger partial charge in [0.05, 0.1) is 0 Å². The molecule has 2 N–H and O–H groups in total. The van der Waals surface area contributed by atoms with E-state index in [9.17, 15) is 4.79 Å². The first kappa shape index (κ1) is 13.0. The lowest BCUT2D eigenvalue weighted by molar-refractivity contribution is 0.757. The maximum absolute atomic E-state index is 11.7. The molecule has 0 aromatic carbocycles. The van der Waals surface area contributed by atoms with Crippen LogP contribution in [-0.2, 0) is 0 Å². The lowest BCUT2D eigenvalue weighted by Crippen LogP contribution is -2.28. The predicted molar refractivity (Wildman–Crippen MR) is 80.0 cm³/mol. The zero-order valence-electron chi connectivity index (χ0n) is 11.3. The Kier molecular flexibility index (Phi) is 3.82. The van der Waals surface area contributed by atoms with Crippen molar-refractivity contribution in [3.63, 3.8) is 0 Å². The van der Waals surface area contributed by atoms with Crippen molar-refractivity contribution in [1.82, 2.24) is 9.97 Å². The summed E-state index contributed by atoms with van der Waals surface area (Å²) in [6.07, 6.45) is 6.04. The number of hydrogen-bond acceptors (Lipinski definition) is 4. The average molecular weight is 279 g/mol. The fraction of sp³-hybridized carbons (Fsp3) is 0.714. The molecule has 0 saturated heterocycles. The van der Waals surface area contributed by atoms with Gasteiger partial charge < -0.3 is 10.3 Å². The lowest BCUT2D eigenvalue weighted by atomic mass is 10.2. The summed E-state index contributed by atoms with van der Waals surface area (Å²) >= 11 is 2.02. The maximum Gasteiger partial charge on any atom is 0.252 e. The molecule has 1 aromatic heterocycles. The van der Waals surface area contributed by atoms with Crippen LogP contribution >= 0.6 is 11.8 Å². The Bertz CT molecular complexity index is 498. The molecule has 4 nitrogen and oxygen atoms in total. The van der Waals surface area contributed by atoms with E-state index in [4.69, 9.17) is 0 Å². The van der Waals surface area contributed by atoms with E-state index in [2.05, 4.69) is 22.2 Å². The molecule has 2 atom stereocenters. The van der Waals surface area contributed by atoms with Gasteiger partial charge in [-0.1, -0.05) is 13.3 Å². The number of aromatic nitrogens is 2. The minimum absolute atomic E-state index is 0.0305. The second-order valence-corrected chi connectivity index (χ2v) is 6.98. The highest BCUT2D eigenvalue weighted by Gasteiger charge is 2.29. The fourth-order valence-electron chi connectivity index (χ4n) is 2.80. The molecule has 0 spiro atoms. The van der Waals surface area contributed by atoms with Gasteiger partial charge in [-0.05, 0) is 31.4 Å². The highest BCUT2D eigenvalue weighted by molar-refractivity contribution is 7.99. The van der Waals surface area contributed by atoms with Crippen molar-refractivity contribution in [1.29, 1.82) is 0 Å². The van der Waals surface area contributed by atoms with Crippen LogP contribution in [0.1, 0.15) is 50.8 Å². The zero-order chi connectivity index (χ0) is 13.2. The van der Waals surface area contributed by atoms with Gasteiger partial charge in [-0.25, -0.2) is 4.98 Å². The van der Waals surface area contributed by atoms with Crippen LogP contribution in [0.25, 0.3) is 0 Å². The SMILES string of the molecule is CCSC1CCCC1Nc1cc(=O)[nH]c(C2CC2)n1. The second kappa shape index (κ2) is 5.57. The lowest BCUT2D eigenvalue weighted by Gasteiger charge is -2.20. The number of anilines is 1. The molecular formula is C14H21N3OS. The van der Waals surface area contributed by atoms with E-state index in [0.717, 1.165) is 30.2 Å². The molecule has 19 heavy (non-hydrogen) atoms. The number of hydrogen-bond donors (Lipinski definition) is 2. The molecular weight excluding hydrogens is 258 g/mol. The summed E-state index contributed by atoms with van der Waals surface area (Å²) in [7, 11) is 0. The molecule has 1 heterocycles. The summed E-state index contributed by atoms with van der Waals surface area (Å²) < 4.78 is 0. The number of rotatable bonds is 5. The Morgan fingerprint density at radius 2 is 2.26 bits per heavy atom. The molecule has 2 aliphatic rings. The summed E-state index contributed by atoms with van der Waals surface area (Å²) in [6, 6.07) is 2.06. The number of nitrogens with zero attached hydrogens (tertiary/aromatic N) is 1. The summed E-state index contributed by atoms with van der Waals surface area (Å²) in [4.78, 5) is 19.1. The van der Waals surface area contributed by atoms with E-state index in [1.165, 1.54) is 19.3 Å². The van der Waals surface area contributed by atoms with Crippen molar-refractivity contribution < 1.29 is 0 Å². The van der Waals surface area contributed by atoms with Gasteiger partial charge in [-0.15, -0.1) is 0 Å². The summed E-state index contributed by atoms with van der Waals surface area (Å²) in [5, 5.41) is 4.15. The number of aromatic amines is 1. The Morgan fingerprint density at radius 1 is 1.42 bits per heavy atom. The van der Waals surface area contributed by atoms with E-state index >= 15 is 0 Å². The van der Waals surface area contributed by atoms with Crippen LogP contribution in [0.15, 0.2) is 10.9 Å². The van der Waals surface area contributed by atoms with Gasteiger partial charge in [0.1, 0.15) is 11.6 Å². The largest absolute Gasteiger partial charge is 0.366 e. The van der Waals surface area contributed by atoms with Crippen LogP contribution in [0.5, 0.6) is 0 Å². The maximum atomic E-state index is 11.7. The monoisotopic (exact) mass is 279 g/mol. The first-order valence-corrected chi connectivity index (χ1v) is 8.30. The smallest absolute Gasteiger partial charge is 0.252 e. The van der Waals surface area contributed by atoms with Crippen molar-refractivity contribution in [2.24, 2.45) is 0 Å². The molecule has 5 heteroatoms. The zero-order valence-corrected chi connectivity index (χ0v) is 12.1. The molecule has 2 unspecified atom stereocenters. The predicted octanol–water partition coefficient (Wildman–Crippen LogP) is 2.73. The van der Waals surface area contributed by atoms with Gasteiger partial charge in [0, 0.05) is 23.3 Å². The normalized spacial score (nSPS) is 26.6. The van der Waals surface area contributed by atoms with Gasteiger partial charge in [0.25, 0.3) is 5.56 Å². The summed E-state index contributed by atoms with van der Waals surface area (Å²) in [5.74, 6) is 3.27. The van der Waals surface area contributed by atoms with Crippen LogP contribution in [0.2, 0.25) is 0 Å². The van der Waals surface area contributed by atoms with E-state index < -0.39 is 0 Å². The molecule has 0 bridgehead atoms. The first-order valence-electron chi connectivity index (χ1n) is 7.25. The molecule has 104 valence electrons. The average Bonchev–Trinajstić information content (AvgIpc) is 3.14. The highest BCUT2D eigenvalue weighted by atomic mass is 32.2. The fourth-order valence-corrected chi connectivity index (χ4v) is 3.99. The third kappa shape index (κ3) is 3.14. The Balaban J connectivity index is 1.73. The summed E-state index contributed by atoms with van der Waals surface area (Å²) in [6.45, 7) is 2.21. The highest BCUT2D eigenvalue weighted by Crippen LogP contribution is 2.38. The van der Waals surface area contributed by atoms with Crippen molar-refractivity contribution in [2.45, 2.75) is 56.2 Å². The Morgan fingerprint density at radius 3 is 3.00 bits per heavy atom. The minimum atomic E-state index is -0.0305. The van der Waals surface area contributed by atoms with Crippen LogP contribution in [0.4, 0.5) is 5.82 Å². The van der Waals surface area contributed by atoms with Crippen molar-refractivity contribution in [3.05, 3.63) is 22.2 Å². The Hall–Kier alpha value is -0.970. The van der Waals surface area contributed by atoms with E-state index in [0.29, 0.717) is 17.2 Å². The standard InChI is InChI=1S/C14H21N3OS/c1-2-19-11-5-3-4-10(11)15-12-8-13(18)17-14(16-12)9-6-7-9/h8-11H,2-7H2,1H3,(H2,15,16,17,18). The molecule has 2 fully saturated rings. The van der Waals surface area contributed by atoms with Gasteiger partial charge in [-0.3, -0.25) is 4.79 Å². The molecule has 0 aliphatic heterocycles. The van der Waals surface area contributed by atoms with Gasteiger partial charge in [0.15, 0.2) is 0 Å². The third-order valence-electron chi connectivity index (χ3n) is 3.89. The van der Waals surface area contributed by atoms with Crippen LogP contribution < -0.4 is 10.9 Å². The first-order chi connectivity index (χ1) is 9.26. The van der Waals surface area contributed by atoms with E-state index in [-0.39, 0.29) is 5.56 Å². The van der Waals surface area contributed by atoms with Crippen LogP contribution in [-0.4, -0.2) is 27.0 Å². The minimum Gasteiger partial charge on any atom is -0.366 e. The van der Waals surface area contributed by atoms with E-state index in [1.54, 1.807) is 6.07 Å². The van der Waals surface area contributed by atoms with Crippen LogP contribution in [0.3, 0.4) is 0 Å². The summed E-state index contributed by atoms with van der Waals surface area (Å²) in [5.41, 5.74) is -0.0305. The second-order valence-electron chi connectivity index (χ2n) is 5.47. The van der Waals surface area contributed by atoms with E-state index in [1.807, 2.05) is 11.8 Å². The third-order valence-corrected chi connectivity index (χ3v) is 5.22. The van der Waals surface area contributed by atoms with Crippen molar-refractivity contribution in [3.8, 4) is 0 Å². The molecule has 3 rings (SSSR count). The van der Waals surface area contributed by atoms with Gasteiger partial charge >= 0.3 is 0 Å². The molecule has 0 amide bonds. The van der Waals surface area contributed by atoms with Crippen LogP contribution in [0, 0.1) is 0 Å². The molecule has 1 aromatic rings.